The molecule has 0 spiro atoms. The number of carbonyl (C=O) groups is 1. The molecule has 15 heavy (non-hydrogen) atoms. The number of carbonyl (C=O) groups excluding carboxylic acids is 1. The van der Waals surface area contributed by atoms with E-state index in [2.05, 4.69) is 15.0 Å². The van der Waals surface area contributed by atoms with E-state index in [0.717, 1.165) is 4.88 Å². The zero-order valence-corrected chi connectivity index (χ0v) is 8.77. The summed E-state index contributed by atoms with van der Waals surface area (Å²) in [5.41, 5.74) is 9.83. The van der Waals surface area contributed by atoms with E-state index in [1.165, 1.54) is 17.4 Å². The lowest BCUT2D eigenvalue weighted by atomic mass is 10.4. The standard InChI is InChI=1S/C8H8N4O2S/c1-2-14-8(13)7(11-12-9)3-6-4-10-5-15-6/h3-5H,2H2,1H3/b7-3+. The van der Waals surface area contributed by atoms with E-state index in [1.54, 1.807) is 18.6 Å². The zero-order valence-electron chi connectivity index (χ0n) is 7.95. The average Bonchev–Trinajstić information content (AvgIpc) is 2.70. The van der Waals surface area contributed by atoms with Gasteiger partial charge in [-0.2, -0.15) is 0 Å². The number of nitrogens with zero attached hydrogens (tertiary/aromatic N) is 4. The molecular formula is C8H8N4O2S. The number of esters is 1. The van der Waals surface area contributed by atoms with E-state index in [9.17, 15) is 4.79 Å². The fourth-order valence-corrected chi connectivity index (χ4v) is 1.36. The molecule has 1 aromatic heterocycles. The summed E-state index contributed by atoms with van der Waals surface area (Å²) < 4.78 is 4.72. The van der Waals surface area contributed by atoms with Crippen molar-refractivity contribution in [2.45, 2.75) is 6.92 Å². The highest BCUT2D eigenvalue weighted by Gasteiger charge is 2.08. The predicted molar refractivity (Wildman–Crippen MR) is 55.9 cm³/mol. The van der Waals surface area contributed by atoms with Crippen LogP contribution in [0.4, 0.5) is 0 Å². The second kappa shape index (κ2) is 5.79. The molecule has 0 bridgehead atoms. The van der Waals surface area contributed by atoms with Crippen molar-refractivity contribution in [1.82, 2.24) is 4.98 Å². The third kappa shape index (κ3) is 3.41. The van der Waals surface area contributed by atoms with Crippen molar-refractivity contribution in [1.29, 1.82) is 0 Å². The van der Waals surface area contributed by atoms with Gasteiger partial charge in [-0.25, -0.2) is 4.79 Å². The molecule has 0 aliphatic carbocycles. The Hall–Kier alpha value is -1.85. The number of hydrogen-bond acceptors (Lipinski definition) is 5. The maximum Gasteiger partial charge on any atom is 0.340 e. The van der Waals surface area contributed by atoms with Gasteiger partial charge < -0.3 is 4.74 Å². The first-order chi connectivity index (χ1) is 7.27. The zero-order chi connectivity index (χ0) is 11.1. The molecule has 0 radical (unpaired) electrons. The maximum atomic E-state index is 11.3. The number of ether oxygens (including phenoxy) is 1. The van der Waals surface area contributed by atoms with E-state index in [4.69, 9.17) is 10.3 Å². The molecule has 0 aliphatic rings. The number of azide groups is 1. The summed E-state index contributed by atoms with van der Waals surface area (Å²) in [5, 5.41) is 3.26. The van der Waals surface area contributed by atoms with Crippen molar-refractivity contribution in [2.75, 3.05) is 6.61 Å². The van der Waals surface area contributed by atoms with Gasteiger partial charge in [0, 0.05) is 16.0 Å². The van der Waals surface area contributed by atoms with Crippen LogP contribution in [0.15, 0.2) is 22.5 Å². The van der Waals surface area contributed by atoms with Gasteiger partial charge in [-0.15, -0.1) is 11.3 Å². The summed E-state index contributed by atoms with van der Waals surface area (Å²) >= 11 is 1.33. The molecular weight excluding hydrogens is 216 g/mol. The summed E-state index contributed by atoms with van der Waals surface area (Å²) in [6, 6.07) is 0. The van der Waals surface area contributed by atoms with E-state index < -0.39 is 5.97 Å². The molecule has 1 aromatic rings. The van der Waals surface area contributed by atoms with Crippen molar-refractivity contribution in [3.8, 4) is 0 Å². The number of rotatable bonds is 4. The lowest BCUT2D eigenvalue weighted by molar-refractivity contribution is -0.138. The van der Waals surface area contributed by atoms with Crippen LogP contribution in [0.3, 0.4) is 0 Å². The van der Waals surface area contributed by atoms with Crippen molar-refractivity contribution in [3.05, 3.63) is 32.7 Å². The normalized spacial score (nSPS) is 10.6. The van der Waals surface area contributed by atoms with E-state index in [0.29, 0.717) is 0 Å². The molecule has 0 unspecified atom stereocenters. The molecule has 0 aromatic carbocycles. The molecule has 0 saturated heterocycles. The predicted octanol–water partition coefficient (Wildman–Crippen LogP) is 2.36. The Morgan fingerprint density at radius 3 is 3.20 bits per heavy atom. The summed E-state index contributed by atoms with van der Waals surface area (Å²) in [6.07, 6.45) is 3.01. The van der Waals surface area contributed by atoms with Gasteiger partial charge >= 0.3 is 5.97 Å². The summed E-state index contributed by atoms with van der Waals surface area (Å²) in [7, 11) is 0. The molecule has 0 aliphatic heterocycles. The van der Waals surface area contributed by atoms with Crippen LogP contribution in [0.25, 0.3) is 16.5 Å². The minimum absolute atomic E-state index is 0.0661. The van der Waals surface area contributed by atoms with E-state index in [-0.39, 0.29) is 12.3 Å². The Bertz CT molecular complexity index is 406. The highest BCUT2D eigenvalue weighted by molar-refractivity contribution is 7.10. The molecule has 78 valence electrons. The minimum atomic E-state index is -0.635. The molecule has 0 fully saturated rings. The Balaban J connectivity index is 2.92. The van der Waals surface area contributed by atoms with Crippen LogP contribution in [-0.2, 0) is 9.53 Å². The second-order valence-electron chi connectivity index (χ2n) is 2.34. The van der Waals surface area contributed by atoms with Crippen LogP contribution in [0, 0.1) is 0 Å². The Kier molecular flexibility index (Phi) is 4.33. The number of thiazole rings is 1. The maximum absolute atomic E-state index is 11.3. The van der Waals surface area contributed by atoms with Gasteiger partial charge in [0.1, 0.15) is 5.70 Å². The molecule has 0 amide bonds. The quantitative estimate of drug-likeness (QED) is 0.258. The third-order valence-electron chi connectivity index (χ3n) is 1.37. The first-order valence-corrected chi connectivity index (χ1v) is 4.98. The van der Waals surface area contributed by atoms with Crippen molar-refractivity contribution < 1.29 is 9.53 Å². The van der Waals surface area contributed by atoms with Gasteiger partial charge in [0.2, 0.25) is 0 Å². The van der Waals surface area contributed by atoms with Gasteiger partial charge in [-0.1, -0.05) is 5.11 Å². The second-order valence-corrected chi connectivity index (χ2v) is 3.26. The first kappa shape index (κ1) is 11.2. The van der Waals surface area contributed by atoms with Gasteiger partial charge in [0.15, 0.2) is 0 Å². The van der Waals surface area contributed by atoms with Crippen LogP contribution in [0.5, 0.6) is 0 Å². The summed E-state index contributed by atoms with van der Waals surface area (Å²) in [6.45, 7) is 1.91. The van der Waals surface area contributed by atoms with Crippen molar-refractivity contribution >= 4 is 23.4 Å². The van der Waals surface area contributed by atoms with Crippen molar-refractivity contribution in [3.63, 3.8) is 0 Å². The van der Waals surface area contributed by atoms with Crippen LogP contribution in [-0.4, -0.2) is 17.6 Å². The molecule has 1 heterocycles. The lowest BCUT2D eigenvalue weighted by Gasteiger charge is -1.99. The largest absolute Gasteiger partial charge is 0.462 e. The van der Waals surface area contributed by atoms with Crippen LogP contribution < -0.4 is 0 Å². The monoisotopic (exact) mass is 224 g/mol. The van der Waals surface area contributed by atoms with E-state index >= 15 is 0 Å². The fourth-order valence-electron chi connectivity index (χ4n) is 0.813. The highest BCUT2D eigenvalue weighted by Crippen LogP contribution is 2.13. The molecule has 0 N–H and O–H groups in total. The Morgan fingerprint density at radius 2 is 2.67 bits per heavy atom. The minimum Gasteiger partial charge on any atom is -0.462 e. The molecule has 0 atom stereocenters. The fraction of sp³-hybridized carbons (Fsp3) is 0.250. The van der Waals surface area contributed by atoms with Gasteiger partial charge in [-0.3, -0.25) is 4.98 Å². The topological polar surface area (TPSA) is 88.0 Å². The van der Waals surface area contributed by atoms with Gasteiger partial charge in [0.25, 0.3) is 0 Å². The van der Waals surface area contributed by atoms with E-state index in [1.807, 2.05) is 0 Å². The highest BCUT2D eigenvalue weighted by atomic mass is 32.1. The number of hydrogen-bond donors (Lipinski definition) is 0. The average molecular weight is 224 g/mol. The molecule has 1 rings (SSSR count). The summed E-state index contributed by atoms with van der Waals surface area (Å²) in [5.74, 6) is -0.635. The summed E-state index contributed by atoms with van der Waals surface area (Å²) in [4.78, 5) is 18.4. The van der Waals surface area contributed by atoms with Crippen LogP contribution >= 0.6 is 11.3 Å². The van der Waals surface area contributed by atoms with Crippen molar-refractivity contribution in [2.24, 2.45) is 5.11 Å². The first-order valence-electron chi connectivity index (χ1n) is 4.10. The lowest BCUT2D eigenvalue weighted by Crippen LogP contribution is -2.05. The molecule has 0 saturated carbocycles. The SMILES string of the molecule is CCOC(=O)/C(=C\c1cncs1)N=[N+]=[N-]. The Morgan fingerprint density at radius 1 is 1.87 bits per heavy atom. The smallest absolute Gasteiger partial charge is 0.340 e. The number of aromatic nitrogens is 1. The third-order valence-corrected chi connectivity index (χ3v) is 2.09. The van der Waals surface area contributed by atoms with Crippen LogP contribution in [0.2, 0.25) is 0 Å². The van der Waals surface area contributed by atoms with Gasteiger partial charge in [-0.05, 0) is 18.5 Å². The molecule has 6 nitrogen and oxygen atoms in total. The van der Waals surface area contributed by atoms with Gasteiger partial charge in [0.05, 0.1) is 12.1 Å². The molecule has 7 heteroatoms. The Labute approximate surface area is 89.8 Å². The van der Waals surface area contributed by atoms with Crippen LogP contribution in [0.1, 0.15) is 11.8 Å².